The predicted octanol–water partition coefficient (Wildman–Crippen LogP) is 2.30. The van der Waals surface area contributed by atoms with Crippen molar-refractivity contribution in [3.05, 3.63) is 75.4 Å². The van der Waals surface area contributed by atoms with Crippen LogP contribution in [0.3, 0.4) is 0 Å². The first kappa shape index (κ1) is 26.7. The highest BCUT2D eigenvalue weighted by Crippen LogP contribution is 2.30. The lowest BCUT2D eigenvalue weighted by Crippen LogP contribution is -2.49. The first-order chi connectivity index (χ1) is 18.5. The second-order valence-electron chi connectivity index (χ2n) is 10.0. The van der Waals surface area contributed by atoms with Crippen molar-refractivity contribution in [3.8, 4) is 0 Å². The molecule has 1 amide bonds. The zero-order valence-corrected chi connectivity index (χ0v) is 22.2. The quantitative estimate of drug-likeness (QED) is 0.456. The number of hydrogen-bond donors (Lipinski definition) is 2. The van der Waals surface area contributed by atoms with Gasteiger partial charge in [0.15, 0.2) is 5.78 Å². The van der Waals surface area contributed by atoms with Gasteiger partial charge in [-0.2, -0.15) is 0 Å². The van der Waals surface area contributed by atoms with Crippen LogP contribution in [-0.2, 0) is 30.8 Å². The number of piperazine rings is 1. The van der Waals surface area contributed by atoms with Gasteiger partial charge in [0.05, 0.1) is 30.8 Å². The lowest BCUT2D eigenvalue weighted by Gasteiger charge is -2.36. The predicted molar refractivity (Wildman–Crippen MR) is 146 cm³/mol. The molecular formula is C29H33ClN4O4. The standard InChI is InChI=1S/C29H33ClN4O4/c30-22-6-5-20(19-36)21(15-22)16-23(37)17-33-8-7-27-25(18-33)28(24-3-1-2-4-26(24)31-27)29(38)34-11-9-32(10-12-34)13-14-35/h1-6,15,35-36H,7-14,16-19H2. The number of para-hydroxylation sites is 1. The largest absolute Gasteiger partial charge is 0.395 e. The SMILES string of the molecule is O=C(Cc1cc(Cl)ccc1CO)CN1CCc2nc3ccccc3c(C(=O)N3CCN(CCO)CC3)c2C1. The van der Waals surface area contributed by atoms with E-state index in [0.717, 1.165) is 40.8 Å². The van der Waals surface area contributed by atoms with Gasteiger partial charge in [0, 0.05) is 80.3 Å². The summed E-state index contributed by atoms with van der Waals surface area (Å²) >= 11 is 6.13. The number of carbonyl (C=O) groups excluding carboxylic acids is 2. The third kappa shape index (κ3) is 5.75. The van der Waals surface area contributed by atoms with Gasteiger partial charge < -0.3 is 15.1 Å². The minimum atomic E-state index is -0.144. The molecule has 1 fully saturated rings. The fraction of sp³-hybridized carbons (Fsp3) is 0.414. The number of hydrogen-bond acceptors (Lipinski definition) is 7. The molecule has 0 radical (unpaired) electrons. The molecule has 0 spiro atoms. The van der Waals surface area contributed by atoms with Crippen LogP contribution in [0, 0.1) is 0 Å². The number of carbonyl (C=O) groups is 2. The van der Waals surface area contributed by atoms with Crippen LogP contribution in [0.5, 0.6) is 0 Å². The number of nitrogens with zero attached hydrogens (tertiary/aromatic N) is 4. The molecule has 200 valence electrons. The molecule has 3 aromatic rings. The molecule has 1 saturated heterocycles. The number of fused-ring (bicyclic) bond motifs is 2. The van der Waals surface area contributed by atoms with Crippen LogP contribution in [0.15, 0.2) is 42.5 Å². The summed E-state index contributed by atoms with van der Waals surface area (Å²) in [6.45, 7) is 4.68. The van der Waals surface area contributed by atoms with E-state index < -0.39 is 0 Å². The van der Waals surface area contributed by atoms with Crippen LogP contribution < -0.4 is 0 Å². The zero-order chi connectivity index (χ0) is 26.6. The maximum atomic E-state index is 13.9. The van der Waals surface area contributed by atoms with Gasteiger partial charge in [-0.15, -0.1) is 0 Å². The third-order valence-electron chi connectivity index (χ3n) is 7.54. The van der Waals surface area contributed by atoms with Crippen molar-refractivity contribution in [1.82, 2.24) is 19.7 Å². The minimum Gasteiger partial charge on any atom is -0.395 e. The smallest absolute Gasteiger partial charge is 0.255 e. The molecule has 2 N–H and O–H groups in total. The van der Waals surface area contributed by atoms with Gasteiger partial charge in [-0.3, -0.25) is 24.4 Å². The van der Waals surface area contributed by atoms with Crippen LogP contribution in [0.4, 0.5) is 0 Å². The number of ketones is 1. The number of rotatable bonds is 8. The number of benzene rings is 2. The van der Waals surface area contributed by atoms with Crippen molar-refractivity contribution < 1.29 is 19.8 Å². The Morgan fingerprint density at radius 2 is 1.74 bits per heavy atom. The molecule has 5 rings (SSSR count). The van der Waals surface area contributed by atoms with Crippen molar-refractivity contribution in [1.29, 1.82) is 0 Å². The van der Waals surface area contributed by atoms with Crippen molar-refractivity contribution in [2.45, 2.75) is 26.0 Å². The highest BCUT2D eigenvalue weighted by Gasteiger charge is 2.30. The summed E-state index contributed by atoms with van der Waals surface area (Å²) in [6, 6.07) is 13.0. The molecule has 0 saturated carbocycles. The molecule has 2 aliphatic rings. The average Bonchev–Trinajstić information content (AvgIpc) is 2.92. The van der Waals surface area contributed by atoms with E-state index in [4.69, 9.17) is 16.6 Å². The Labute approximate surface area is 227 Å². The Kier molecular flexibility index (Phi) is 8.35. The summed E-state index contributed by atoms with van der Waals surface area (Å²) in [6.07, 6.45) is 0.858. The monoisotopic (exact) mass is 536 g/mol. The topological polar surface area (TPSA) is 97.2 Å². The molecule has 0 bridgehead atoms. The molecule has 9 heteroatoms. The van der Waals surface area contributed by atoms with Crippen molar-refractivity contribution in [3.63, 3.8) is 0 Å². The lowest BCUT2D eigenvalue weighted by atomic mass is 9.94. The second kappa shape index (κ2) is 11.9. The Bertz CT molecular complexity index is 1340. The number of aliphatic hydroxyl groups is 2. The third-order valence-corrected chi connectivity index (χ3v) is 7.78. The summed E-state index contributed by atoms with van der Waals surface area (Å²) in [7, 11) is 0. The molecular weight excluding hydrogens is 504 g/mol. The van der Waals surface area contributed by atoms with Gasteiger partial charge in [-0.25, -0.2) is 0 Å². The summed E-state index contributed by atoms with van der Waals surface area (Å²) in [4.78, 5) is 38.0. The first-order valence-corrected chi connectivity index (χ1v) is 13.5. The van der Waals surface area contributed by atoms with Gasteiger partial charge in [0.1, 0.15) is 0 Å². The van der Waals surface area contributed by atoms with E-state index in [1.165, 1.54) is 0 Å². The summed E-state index contributed by atoms with van der Waals surface area (Å²) < 4.78 is 0. The normalized spacial score (nSPS) is 16.6. The highest BCUT2D eigenvalue weighted by molar-refractivity contribution is 6.30. The van der Waals surface area contributed by atoms with Crippen molar-refractivity contribution in [2.75, 3.05) is 52.4 Å². The molecule has 0 unspecified atom stereocenters. The van der Waals surface area contributed by atoms with E-state index in [-0.39, 0.29) is 37.9 Å². The van der Waals surface area contributed by atoms with Crippen molar-refractivity contribution in [2.24, 2.45) is 0 Å². The van der Waals surface area contributed by atoms with Crippen LogP contribution in [-0.4, -0.2) is 94.0 Å². The maximum absolute atomic E-state index is 13.9. The molecule has 2 aromatic carbocycles. The number of aliphatic hydroxyl groups excluding tert-OH is 2. The number of amides is 1. The Balaban J connectivity index is 1.38. The van der Waals surface area contributed by atoms with Gasteiger partial charge in [-0.1, -0.05) is 35.9 Å². The molecule has 3 heterocycles. The van der Waals surface area contributed by atoms with Crippen LogP contribution in [0.25, 0.3) is 10.9 Å². The van der Waals surface area contributed by atoms with E-state index in [1.54, 1.807) is 18.2 Å². The summed E-state index contributed by atoms with van der Waals surface area (Å²) in [5.74, 6) is 0.0373. The Hall–Kier alpha value is -2.88. The van der Waals surface area contributed by atoms with E-state index in [9.17, 15) is 19.8 Å². The fourth-order valence-corrected chi connectivity index (χ4v) is 5.73. The molecule has 0 atom stereocenters. The highest BCUT2D eigenvalue weighted by atomic mass is 35.5. The summed E-state index contributed by atoms with van der Waals surface area (Å²) in [5, 5.41) is 20.3. The van der Waals surface area contributed by atoms with Crippen molar-refractivity contribution >= 4 is 34.2 Å². The number of halogens is 1. The number of β-amino-alcohol motifs (C(OH)–C–C–N with tert-alkyl or cyclic N) is 1. The van der Waals surface area contributed by atoms with E-state index >= 15 is 0 Å². The Morgan fingerprint density at radius 3 is 2.50 bits per heavy atom. The average molecular weight is 537 g/mol. The molecule has 8 nitrogen and oxygen atoms in total. The molecule has 2 aliphatic heterocycles. The van der Waals surface area contributed by atoms with Crippen LogP contribution in [0.1, 0.15) is 32.7 Å². The number of Topliss-reactive ketones (excluding diaryl/α,β-unsaturated/α-hetero) is 1. The van der Waals surface area contributed by atoms with Gasteiger partial charge >= 0.3 is 0 Å². The fourth-order valence-electron chi connectivity index (χ4n) is 5.53. The van der Waals surface area contributed by atoms with Crippen LogP contribution in [0.2, 0.25) is 5.02 Å². The second-order valence-corrected chi connectivity index (χ2v) is 10.5. The van der Waals surface area contributed by atoms with E-state index in [1.807, 2.05) is 29.2 Å². The van der Waals surface area contributed by atoms with Crippen LogP contribution >= 0.6 is 11.6 Å². The van der Waals surface area contributed by atoms with Gasteiger partial charge in [0.25, 0.3) is 5.91 Å². The Morgan fingerprint density at radius 1 is 0.947 bits per heavy atom. The van der Waals surface area contributed by atoms with E-state index in [0.29, 0.717) is 55.3 Å². The first-order valence-electron chi connectivity index (χ1n) is 13.1. The number of pyridine rings is 1. The molecule has 0 aliphatic carbocycles. The van der Waals surface area contributed by atoms with E-state index in [2.05, 4.69) is 9.80 Å². The molecule has 1 aromatic heterocycles. The summed E-state index contributed by atoms with van der Waals surface area (Å²) in [5.41, 5.74) is 4.78. The van der Waals surface area contributed by atoms with Gasteiger partial charge in [0.2, 0.25) is 0 Å². The zero-order valence-electron chi connectivity index (χ0n) is 21.4. The lowest BCUT2D eigenvalue weighted by molar-refractivity contribution is -0.119. The van der Waals surface area contributed by atoms with Gasteiger partial charge in [-0.05, 0) is 29.3 Å². The molecule has 38 heavy (non-hydrogen) atoms. The number of aromatic nitrogens is 1. The minimum absolute atomic E-state index is 0.00295. The maximum Gasteiger partial charge on any atom is 0.255 e.